The number of nitrogens with two attached hydrogens (primary N) is 2. The molecule has 2 aromatic rings. The van der Waals surface area contributed by atoms with Crippen LogP contribution < -0.4 is 16.4 Å². The minimum atomic E-state index is 0.349. The molecule has 2 aliphatic carbocycles. The number of ether oxygens (including phenoxy) is 1. The van der Waals surface area contributed by atoms with Crippen molar-refractivity contribution in [1.82, 2.24) is 9.97 Å². The second-order valence-corrected chi connectivity index (χ2v) is 8.65. The van der Waals surface area contributed by atoms with Crippen LogP contribution in [0.25, 0.3) is 16.6 Å². The van der Waals surface area contributed by atoms with Crippen LogP contribution in [0.15, 0.2) is 35.1 Å². The summed E-state index contributed by atoms with van der Waals surface area (Å²) in [6, 6.07) is 6.54. The van der Waals surface area contributed by atoms with E-state index in [1.807, 2.05) is 18.5 Å². The lowest BCUT2D eigenvalue weighted by molar-refractivity contribution is 0.123. The summed E-state index contributed by atoms with van der Waals surface area (Å²) in [7, 11) is 0. The Bertz CT molecular complexity index is 971. The van der Waals surface area contributed by atoms with Crippen LogP contribution in [0.4, 0.5) is 5.69 Å². The van der Waals surface area contributed by atoms with Crippen LogP contribution in [0.5, 0.6) is 0 Å². The number of benzene rings is 1. The number of fused-ring (bicyclic) bond motifs is 1. The fourth-order valence-corrected chi connectivity index (χ4v) is 4.31. The Morgan fingerprint density at radius 3 is 2.77 bits per heavy atom. The number of hydrogen-bond acceptors (Lipinski definition) is 7. The molecule has 0 unspecified atom stereocenters. The molecule has 4 N–H and O–H groups in total. The zero-order chi connectivity index (χ0) is 20.5. The molecule has 2 heterocycles. The highest BCUT2D eigenvalue weighted by atomic mass is 16.5. The standard InChI is InChI=1S/C23H30N6O/c24-12-15-10-17(11-15)26-13-18(22(25)16-4-5-16)20-14-27-23-19(28-20)2-1-3-21(23)29-6-8-30-9-7-29/h1-3,13-17H,4-12,24-25H2. The van der Waals surface area contributed by atoms with Crippen molar-refractivity contribution in [3.05, 3.63) is 35.8 Å². The average molecular weight is 407 g/mol. The Morgan fingerprint density at radius 2 is 2.03 bits per heavy atom. The van der Waals surface area contributed by atoms with Gasteiger partial charge in [-0.2, -0.15) is 0 Å². The second kappa shape index (κ2) is 8.32. The van der Waals surface area contributed by atoms with Crippen molar-refractivity contribution in [1.29, 1.82) is 0 Å². The zero-order valence-corrected chi connectivity index (χ0v) is 17.3. The first-order valence-corrected chi connectivity index (χ1v) is 11.0. The van der Waals surface area contributed by atoms with Crippen LogP contribution in [0.1, 0.15) is 31.4 Å². The van der Waals surface area contributed by atoms with Gasteiger partial charge in [0.25, 0.3) is 0 Å². The van der Waals surface area contributed by atoms with E-state index >= 15 is 0 Å². The lowest BCUT2D eigenvalue weighted by Gasteiger charge is -2.31. The molecule has 1 aromatic carbocycles. The van der Waals surface area contributed by atoms with E-state index in [1.54, 1.807) is 0 Å². The van der Waals surface area contributed by atoms with Crippen molar-refractivity contribution in [2.75, 3.05) is 37.7 Å². The number of rotatable bonds is 6. The van der Waals surface area contributed by atoms with E-state index in [4.69, 9.17) is 31.2 Å². The third kappa shape index (κ3) is 3.91. The number of aromatic nitrogens is 2. The smallest absolute Gasteiger partial charge is 0.112 e. The van der Waals surface area contributed by atoms with Crippen molar-refractivity contribution < 1.29 is 4.74 Å². The van der Waals surface area contributed by atoms with E-state index in [1.165, 1.54) is 0 Å². The average Bonchev–Trinajstić information content (AvgIpc) is 3.60. The fourth-order valence-electron chi connectivity index (χ4n) is 4.31. The molecular weight excluding hydrogens is 376 g/mol. The molecule has 0 atom stereocenters. The van der Waals surface area contributed by atoms with Crippen molar-refractivity contribution in [2.45, 2.75) is 31.7 Å². The van der Waals surface area contributed by atoms with Gasteiger partial charge in [-0.3, -0.25) is 9.98 Å². The summed E-state index contributed by atoms with van der Waals surface area (Å²) in [6.07, 6.45) is 8.21. The normalized spacial score (nSPS) is 25.4. The lowest BCUT2D eigenvalue weighted by atomic mass is 9.81. The maximum absolute atomic E-state index is 6.52. The molecule has 0 amide bonds. The molecule has 1 aliphatic heterocycles. The van der Waals surface area contributed by atoms with E-state index in [-0.39, 0.29) is 0 Å². The van der Waals surface area contributed by atoms with Gasteiger partial charge in [-0.15, -0.1) is 0 Å². The quantitative estimate of drug-likeness (QED) is 0.714. The molecular formula is C23H30N6O. The van der Waals surface area contributed by atoms with E-state index < -0.39 is 0 Å². The molecule has 30 heavy (non-hydrogen) atoms. The Kier molecular flexibility index (Phi) is 5.39. The van der Waals surface area contributed by atoms with Gasteiger partial charge in [-0.1, -0.05) is 6.07 Å². The third-order valence-electron chi connectivity index (χ3n) is 6.46. The first kappa shape index (κ1) is 19.5. The van der Waals surface area contributed by atoms with Gasteiger partial charge < -0.3 is 21.1 Å². The van der Waals surface area contributed by atoms with Gasteiger partial charge in [0.15, 0.2) is 0 Å². The van der Waals surface area contributed by atoms with Gasteiger partial charge in [0.05, 0.1) is 42.4 Å². The van der Waals surface area contributed by atoms with Crippen molar-refractivity contribution in [3.8, 4) is 0 Å². The summed E-state index contributed by atoms with van der Waals surface area (Å²) in [5, 5.41) is 0. The van der Waals surface area contributed by atoms with Crippen LogP contribution in [0.3, 0.4) is 0 Å². The Balaban J connectivity index is 1.46. The SMILES string of the molecule is NCC1CC(N=CC(=C(N)C2CC2)c2cnc3c(N4CCOCC4)cccc3n2)C1. The predicted molar refractivity (Wildman–Crippen MR) is 120 cm³/mol. The van der Waals surface area contributed by atoms with Crippen LogP contribution in [0.2, 0.25) is 0 Å². The van der Waals surface area contributed by atoms with Gasteiger partial charge in [0, 0.05) is 30.6 Å². The number of aliphatic imine (C=N–C) groups is 1. The molecule has 7 heteroatoms. The highest BCUT2D eigenvalue weighted by molar-refractivity contribution is 6.10. The van der Waals surface area contributed by atoms with Gasteiger partial charge in [0.2, 0.25) is 0 Å². The van der Waals surface area contributed by atoms with Gasteiger partial charge in [-0.05, 0) is 56.2 Å². The maximum atomic E-state index is 6.52. The second-order valence-electron chi connectivity index (χ2n) is 8.65. The number of allylic oxidation sites excluding steroid dienone is 2. The molecule has 0 radical (unpaired) electrons. The Morgan fingerprint density at radius 1 is 1.23 bits per heavy atom. The molecule has 2 saturated carbocycles. The van der Waals surface area contributed by atoms with Gasteiger partial charge in [0.1, 0.15) is 5.52 Å². The summed E-state index contributed by atoms with van der Waals surface area (Å²) in [4.78, 5) is 16.9. The number of para-hydroxylation sites is 1. The summed E-state index contributed by atoms with van der Waals surface area (Å²) in [6.45, 7) is 3.99. The number of nitrogens with zero attached hydrogens (tertiary/aromatic N) is 4. The third-order valence-corrected chi connectivity index (χ3v) is 6.46. The number of hydrogen-bond donors (Lipinski definition) is 2. The van der Waals surface area contributed by atoms with Crippen LogP contribution in [0, 0.1) is 11.8 Å². The minimum Gasteiger partial charge on any atom is -0.401 e. The van der Waals surface area contributed by atoms with Gasteiger partial charge in [-0.25, -0.2) is 4.98 Å². The fraction of sp³-hybridized carbons (Fsp3) is 0.522. The van der Waals surface area contributed by atoms with Crippen molar-refractivity contribution >= 4 is 28.5 Å². The molecule has 3 aliphatic rings. The topological polar surface area (TPSA) is 103 Å². The van der Waals surface area contributed by atoms with E-state index in [0.29, 0.717) is 17.9 Å². The molecule has 0 bridgehead atoms. The molecule has 1 saturated heterocycles. The largest absolute Gasteiger partial charge is 0.401 e. The van der Waals surface area contributed by atoms with E-state index in [0.717, 1.165) is 92.2 Å². The van der Waals surface area contributed by atoms with Crippen LogP contribution in [-0.4, -0.2) is 55.1 Å². The minimum absolute atomic E-state index is 0.349. The summed E-state index contributed by atoms with van der Waals surface area (Å²) >= 11 is 0. The summed E-state index contributed by atoms with van der Waals surface area (Å²) in [5.74, 6) is 1.06. The molecule has 1 aromatic heterocycles. The van der Waals surface area contributed by atoms with E-state index in [2.05, 4.69) is 17.0 Å². The zero-order valence-electron chi connectivity index (χ0n) is 17.3. The summed E-state index contributed by atoms with van der Waals surface area (Å²) in [5.41, 5.74) is 17.8. The van der Waals surface area contributed by atoms with Crippen molar-refractivity contribution in [2.24, 2.45) is 28.3 Å². The molecule has 7 nitrogen and oxygen atoms in total. The number of anilines is 1. The monoisotopic (exact) mass is 406 g/mol. The molecule has 3 fully saturated rings. The predicted octanol–water partition coefficient (Wildman–Crippen LogP) is 2.35. The van der Waals surface area contributed by atoms with Crippen LogP contribution in [-0.2, 0) is 4.74 Å². The highest BCUT2D eigenvalue weighted by Gasteiger charge is 2.29. The Labute approximate surface area is 177 Å². The maximum Gasteiger partial charge on any atom is 0.112 e. The summed E-state index contributed by atoms with van der Waals surface area (Å²) < 4.78 is 5.49. The number of morpholine rings is 1. The van der Waals surface area contributed by atoms with E-state index in [9.17, 15) is 0 Å². The lowest BCUT2D eigenvalue weighted by Crippen LogP contribution is -2.36. The van der Waals surface area contributed by atoms with Crippen molar-refractivity contribution in [3.63, 3.8) is 0 Å². The highest BCUT2D eigenvalue weighted by Crippen LogP contribution is 2.37. The molecule has 158 valence electrons. The van der Waals surface area contributed by atoms with Gasteiger partial charge >= 0.3 is 0 Å². The first-order valence-electron chi connectivity index (χ1n) is 11.0. The molecule has 5 rings (SSSR count). The first-order chi connectivity index (χ1) is 14.7. The van der Waals surface area contributed by atoms with Crippen LogP contribution >= 0.6 is 0 Å². The molecule has 0 spiro atoms. The Hall–Kier alpha value is -2.51.